The number of carbonyl (C=O) groups is 1. The van der Waals surface area contributed by atoms with Gasteiger partial charge in [-0.3, -0.25) is 9.36 Å². The Kier molecular flexibility index (Phi) is 5.13. The summed E-state index contributed by atoms with van der Waals surface area (Å²) in [7, 11) is 0. The quantitative estimate of drug-likeness (QED) is 0.659. The maximum Gasteiger partial charge on any atom is 0.245 e. The zero-order valence-corrected chi connectivity index (χ0v) is 17.0. The van der Waals surface area contributed by atoms with E-state index >= 15 is 0 Å². The first kappa shape index (κ1) is 19.3. The lowest BCUT2D eigenvalue weighted by atomic mass is 10.1. The number of carbonyl (C=O) groups excluding carboxylic acids is 1. The number of fused-ring (bicyclic) bond motifs is 1. The van der Waals surface area contributed by atoms with Crippen LogP contribution in [0.3, 0.4) is 0 Å². The first-order valence-electron chi connectivity index (χ1n) is 10.0. The maximum atomic E-state index is 13.2. The van der Waals surface area contributed by atoms with Gasteiger partial charge in [0.1, 0.15) is 18.2 Å². The van der Waals surface area contributed by atoms with Crippen molar-refractivity contribution in [3.63, 3.8) is 0 Å². The average molecular weight is 422 g/mol. The second-order valence-corrected chi connectivity index (χ2v) is 7.31. The molecule has 1 N–H and O–H groups in total. The third-order valence-electron chi connectivity index (χ3n) is 5.34. The van der Waals surface area contributed by atoms with Crippen LogP contribution in [0.25, 0.3) is 5.95 Å². The van der Waals surface area contributed by atoms with Crippen molar-refractivity contribution < 1.29 is 19.0 Å². The van der Waals surface area contributed by atoms with Crippen LogP contribution in [0.15, 0.2) is 49.2 Å². The molecule has 1 fully saturated rings. The molecule has 3 aromatic rings. The first-order valence-corrected chi connectivity index (χ1v) is 10.0. The molecule has 0 aliphatic carbocycles. The number of morpholine rings is 1. The molecule has 2 aromatic heterocycles. The Morgan fingerprint density at radius 1 is 1.23 bits per heavy atom. The molecule has 2 aliphatic heterocycles. The summed E-state index contributed by atoms with van der Waals surface area (Å²) >= 11 is 0. The van der Waals surface area contributed by atoms with Crippen molar-refractivity contribution in [3.05, 3.63) is 54.7 Å². The molecule has 2 aliphatic rings. The number of nitrogens with zero attached hydrogens (tertiary/aromatic N) is 5. The van der Waals surface area contributed by atoms with Crippen LogP contribution >= 0.6 is 0 Å². The van der Waals surface area contributed by atoms with E-state index in [2.05, 4.69) is 20.3 Å². The number of nitrogens with one attached hydrogen (secondary N) is 1. The van der Waals surface area contributed by atoms with Gasteiger partial charge in [-0.05, 0) is 30.7 Å². The van der Waals surface area contributed by atoms with E-state index < -0.39 is 6.04 Å². The number of benzene rings is 1. The van der Waals surface area contributed by atoms with Gasteiger partial charge in [0, 0.05) is 25.1 Å². The summed E-state index contributed by atoms with van der Waals surface area (Å²) in [5.74, 6) is 2.43. The molecule has 4 heterocycles. The van der Waals surface area contributed by atoms with Crippen LogP contribution in [0.2, 0.25) is 0 Å². The minimum Gasteiger partial charge on any atom is -0.454 e. The molecular weight excluding hydrogens is 400 g/mol. The number of hydrogen-bond donors (Lipinski definition) is 1. The molecule has 10 nitrogen and oxygen atoms in total. The van der Waals surface area contributed by atoms with Gasteiger partial charge in [-0.2, -0.15) is 4.98 Å². The maximum absolute atomic E-state index is 13.2. The van der Waals surface area contributed by atoms with Gasteiger partial charge < -0.3 is 24.4 Å². The molecule has 10 heteroatoms. The van der Waals surface area contributed by atoms with E-state index in [1.54, 1.807) is 35.6 Å². The average Bonchev–Trinajstić information content (AvgIpc) is 3.51. The molecule has 1 aromatic carbocycles. The van der Waals surface area contributed by atoms with Gasteiger partial charge in [-0.15, -0.1) is 0 Å². The van der Waals surface area contributed by atoms with Crippen LogP contribution in [0, 0.1) is 0 Å². The van der Waals surface area contributed by atoms with Gasteiger partial charge in [-0.25, -0.2) is 9.97 Å². The van der Waals surface area contributed by atoms with Crippen LogP contribution in [0.4, 0.5) is 5.82 Å². The molecule has 1 saturated heterocycles. The zero-order chi connectivity index (χ0) is 21.2. The standard InChI is InChI=1S/C21H22N6O4/c1-14(15-2-3-17-18(10-15)31-13-30-17)24-20(28)16-11-29-9-8-27(16)19-4-5-23-21(25-19)26-7-6-22-12-26/h2-7,10,12,14,16H,8-9,11,13H2,1H3,(H,24,28). The van der Waals surface area contributed by atoms with Crippen molar-refractivity contribution in [3.8, 4) is 17.4 Å². The summed E-state index contributed by atoms with van der Waals surface area (Å²) < 4.78 is 18.1. The van der Waals surface area contributed by atoms with E-state index in [9.17, 15) is 4.79 Å². The molecule has 0 spiro atoms. The zero-order valence-electron chi connectivity index (χ0n) is 17.0. The van der Waals surface area contributed by atoms with E-state index in [-0.39, 0.29) is 25.3 Å². The molecule has 31 heavy (non-hydrogen) atoms. The van der Waals surface area contributed by atoms with Crippen molar-refractivity contribution in [2.24, 2.45) is 0 Å². The normalized spacial score (nSPS) is 18.6. The summed E-state index contributed by atoms with van der Waals surface area (Å²) in [5.41, 5.74) is 0.935. The Morgan fingerprint density at radius 2 is 2.13 bits per heavy atom. The van der Waals surface area contributed by atoms with E-state index in [1.807, 2.05) is 30.0 Å². The van der Waals surface area contributed by atoms with Gasteiger partial charge in [0.05, 0.1) is 19.3 Å². The minimum atomic E-state index is -0.504. The van der Waals surface area contributed by atoms with E-state index in [0.29, 0.717) is 36.4 Å². The Labute approximate surface area is 178 Å². The van der Waals surface area contributed by atoms with Gasteiger partial charge in [0.15, 0.2) is 11.5 Å². The smallest absolute Gasteiger partial charge is 0.245 e. The lowest BCUT2D eigenvalue weighted by Crippen LogP contribution is -2.54. The summed E-state index contributed by atoms with van der Waals surface area (Å²) in [6, 6.07) is 6.76. The van der Waals surface area contributed by atoms with Crippen LogP contribution in [-0.4, -0.2) is 58.0 Å². The summed E-state index contributed by atoms with van der Waals surface area (Å²) in [4.78, 5) is 28.1. The molecule has 2 unspecified atom stereocenters. The van der Waals surface area contributed by atoms with E-state index in [4.69, 9.17) is 14.2 Å². The summed E-state index contributed by atoms with van der Waals surface area (Å²) in [6.07, 6.45) is 6.75. The van der Waals surface area contributed by atoms with Crippen molar-refractivity contribution >= 4 is 11.7 Å². The third kappa shape index (κ3) is 3.89. The number of hydrogen-bond acceptors (Lipinski definition) is 8. The number of amides is 1. The van der Waals surface area contributed by atoms with Crippen molar-refractivity contribution in [2.75, 3.05) is 31.5 Å². The lowest BCUT2D eigenvalue weighted by molar-refractivity contribution is -0.125. The topological polar surface area (TPSA) is 104 Å². The van der Waals surface area contributed by atoms with Crippen LogP contribution in [-0.2, 0) is 9.53 Å². The van der Waals surface area contributed by atoms with Crippen molar-refractivity contribution in [1.82, 2.24) is 24.8 Å². The highest BCUT2D eigenvalue weighted by molar-refractivity contribution is 5.85. The molecule has 160 valence electrons. The molecule has 0 radical (unpaired) electrons. The number of aromatic nitrogens is 4. The Balaban J connectivity index is 1.33. The number of anilines is 1. The summed E-state index contributed by atoms with van der Waals surface area (Å²) in [5, 5.41) is 3.08. The van der Waals surface area contributed by atoms with Gasteiger partial charge >= 0.3 is 0 Å². The highest BCUT2D eigenvalue weighted by Crippen LogP contribution is 2.34. The molecular formula is C21H22N6O4. The Bertz CT molecular complexity index is 1070. The fourth-order valence-corrected chi connectivity index (χ4v) is 3.67. The highest BCUT2D eigenvalue weighted by atomic mass is 16.7. The molecule has 1 amide bonds. The minimum absolute atomic E-state index is 0.132. The van der Waals surface area contributed by atoms with Crippen LogP contribution in [0.1, 0.15) is 18.5 Å². The van der Waals surface area contributed by atoms with Crippen LogP contribution < -0.4 is 19.7 Å². The Morgan fingerprint density at radius 3 is 3.00 bits per heavy atom. The second-order valence-electron chi connectivity index (χ2n) is 7.31. The van der Waals surface area contributed by atoms with Gasteiger partial charge in [0.25, 0.3) is 0 Å². The molecule has 0 saturated carbocycles. The van der Waals surface area contributed by atoms with Crippen molar-refractivity contribution in [2.45, 2.75) is 19.0 Å². The van der Waals surface area contributed by atoms with Gasteiger partial charge in [0.2, 0.25) is 18.6 Å². The Hall–Kier alpha value is -3.66. The van der Waals surface area contributed by atoms with E-state index in [1.165, 1.54) is 0 Å². The SMILES string of the molecule is CC(NC(=O)C1COCCN1c1ccnc(-n2ccnc2)n1)c1ccc2c(c1)OCO2. The second kappa shape index (κ2) is 8.23. The van der Waals surface area contributed by atoms with Crippen LogP contribution in [0.5, 0.6) is 11.5 Å². The van der Waals surface area contributed by atoms with Crippen molar-refractivity contribution in [1.29, 1.82) is 0 Å². The van der Waals surface area contributed by atoms with Gasteiger partial charge in [-0.1, -0.05) is 6.07 Å². The first-order chi connectivity index (χ1) is 15.2. The molecule has 0 bridgehead atoms. The lowest BCUT2D eigenvalue weighted by Gasteiger charge is -2.36. The number of rotatable bonds is 5. The number of imidazole rings is 1. The fourth-order valence-electron chi connectivity index (χ4n) is 3.67. The fraction of sp³-hybridized carbons (Fsp3) is 0.333. The summed E-state index contributed by atoms with van der Waals surface area (Å²) in [6.45, 7) is 3.51. The monoisotopic (exact) mass is 422 g/mol. The largest absolute Gasteiger partial charge is 0.454 e. The predicted octanol–water partition coefficient (Wildman–Crippen LogP) is 1.47. The molecule has 2 atom stereocenters. The number of ether oxygens (including phenoxy) is 3. The highest BCUT2D eigenvalue weighted by Gasteiger charge is 2.31. The predicted molar refractivity (Wildman–Crippen MR) is 110 cm³/mol. The molecule has 5 rings (SSSR count). The third-order valence-corrected chi connectivity index (χ3v) is 5.34. The van der Waals surface area contributed by atoms with E-state index in [0.717, 1.165) is 5.56 Å².